The normalized spacial score (nSPS) is 18.7. The van der Waals surface area contributed by atoms with Gasteiger partial charge in [-0.2, -0.15) is 11.3 Å². The molecule has 0 radical (unpaired) electrons. The number of hydrogen-bond acceptors (Lipinski definition) is 3. The first-order valence-electron chi connectivity index (χ1n) is 8.48. The van der Waals surface area contributed by atoms with Crippen molar-refractivity contribution in [3.05, 3.63) is 22.4 Å². The first-order chi connectivity index (χ1) is 10.5. The highest BCUT2D eigenvalue weighted by Gasteiger charge is 2.23. The molecule has 1 aromatic rings. The van der Waals surface area contributed by atoms with Crippen molar-refractivity contribution in [2.45, 2.75) is 58.9 Å². The summed E-state index contributed by atoms with van der Waals surface area (Å²) >= 11 is 1.74. The van der Waals surface area contributed by atoms with Crippen LogP contribution in [0.1, 0.15) is 64.5 Å². The largest absolute Gasteiger partial charge is 0.354 e. The van der Waals surface area contributed by atoms with Crippen LogP contribution >= 0.6 is 11.3 Å². The summed E-state index contributed by atoms with van der Waals surface area (Å²) in [6.07, 6.45) is 5.81. The lowest BCUT2D eigenvalue weighted by atomic mass is 9.92. The number of likely N-dealkylation sites (tertiary alicyclic amines) is 1. The third-order valence-electron chi connectivity index (χ3n) is 4.19. The molecule has 0 aromatic carbocycles. The van der Waals surface area contributed by atoms with E-state index in [9.17, 15) is 4.79 Å². The zero-order valence-corrected chi connectivity index (χ0v) is 15.0. The van der Waals surface area contributed by atoms with Crippen molar-refractivity contribution < 1.29 is 4.79 Å². The van der Waals surface area contributed by atoms with E-state index in [1.165, 1.54) is 31.2 Å². The van der Waals surface area contributed by atoms with Crippen LogP contribution in [0, 0.1) is 5.41 Å². The zero-order chi connectivity index (χ0) is 16.0. The molecule has 0 aliphatic carbocycles. The van der Waals surface area contributed by atoms with Gasteiger partial charge in [-0.1, -0.05) is 33.6 Å². The Bertz CT molecular complexity index is 442. The van der Waals surface area contributed by atoms with Crippen molar-refractivity contribution in [3.8, 4) is 0 Å². The molecule has 1 N–H and O–H groups in total. The Labute approximate surface area is 139 Å². The Morgan fingerprint density at radius 1 is 1.27 bits per heavy atom. The summed E-state index contributed by atoms with van der Waals surface area (Å²) in [5.41, 5.74) is 1.40. The van der Waals surface area contributed by atoms with Gasteiger partial charge in [0.1, 0.15) is 0 Å². The summed E-state index contributed by atoms with van der Waals surface area (Å²) in [6.45, 7) is 9.35. The van der Waals surface area contributed by atoms with Crippen LogP contribution in [-0.4, -0.2) is 30.4 Å². The van der Waals surface area contributed by atoms with Gasteiger partial charge in [-0.15, -0.1) is 0 Å². The van der Waals surface area contributed by atoms with Crippen LogP contribution in [-0.2, 0) is 4.79 Å². The van der Waals surface area contributed by atoms with Crippen molar-refractivity contribution in [2.24, 2.45) is 5.41 Å². The van der Waals surface area contributed by atoms with Gasteiger partial charge in [0.2, 0.25) is 5.91 Å². The van der Waals surface area contributed by atoms with Crippen LogP contribution in [0.4, 0.5) is 0 Å². The highest BCUT2D eigenvalue weighted by Crippen LogP contribution is 2.26. The van der Waals surface area contributed by atoms with Crippen LogP contribution in [0.2, 0.25) is 0 Å². The third kappa shape index (κ3) is 5.73. The average molecular weight is 323 g/mol. The van der Waals surface area contributed by atoms with E-state index in [1.54, 1.807) is 11.3 Å². The van der Waals surface area contributed by atoms with E-state index in [4.69, 9.17) is 0 Å². The monoisotopic (exact) mass is 322 g/mol. The number of carbonyl (C=O) groups excluding carboxylic acids is 1. The predicted octanol–water partition coefficient (Wildman–Crippen LogP) is 4.22. The minimum absolute atomic E-state index is 0.0462. The number of amides is 1. The van der Waals surface area contributed by atoms with Gasteiger partial charge in [0.05, 0.1) is 6.04 Å². The van der Waals surface area contributed by atoms with E-state index in [0.29, 0.717) is 12.5 Å². The zero-order valence-electron chi connectivity index (χ0n) is 14.2. The molecule has 1 atom stereocenters. The van der Waals surface area contributed by atoms with Gasteiger partial charge < -0.3 is 5.32 Å². The Morgan fingerprint density at radius 2 is 1.95 bits per heavy atom. The van der Waals surface area contributed by atoms with E-state index in [0.717, 1.165) is 19.6 Å². The number of rotatable bonds is 5. The van der Waals surface area contributed by atoms with Crippen LogP contribution in [0.25, 0.3) is 0 Å². The maximum absolute atomic E-state index is 12.2. The summed E-state index contributed by atoms with van der Waals surface area (Å²) in [7, 11) is 0. The first kappa shape index (κ1) is 17.5. The number of nitrogens with zero attached hydrogens (tertiary/aromatic N) is 1. The summed E-state index contributed by atoms with van der Waals surface area (Å²) in [4.78, 5) is 14.7. The first-order valence-corrected chi connectivity index (χ1v) is 9.43. The Morgan fingerprint density at radius 3 is 2.50 bits per heavy atom. The fourth-order valence-electron chi connectivity index (χ4n) is 3.08. The second-order valence-electron chi connectivity index (χ2n) is 7.56. The SMILES string of the molecule is CC(C)(C)CC(=O)NCC(c1ccsc1)N1CCCCCC1. The fraction of sp³-hybridized carbons (Fsp3) is 0.722. The molecule has 1 amide bonds. The lowest BCUT2D eigenvalue weighted by Crippen LogP contribution is -2.39. The van der Waals surface area contributed by atoms with Gasteiger partial charge in [0, 0.05) is 13.0 Å². The molecule has 1 unspecified atom stereocenters. The minimum Gasteiger partial charge on any atom is -0.354 e. The second-order valence-corrected chi connectivity index (χ2v) is 8.34. The molecule has 0 bridgehead atoms. The maximum atomic E-state index is 12.2. The fourth-order valence-corrected chi connectivity index (χ4v) is 3.79. The van der Waals surface area contributed by atoms with Crippen LogP contribution < -0.4 is 5.32 Å². The summed E-state index contributed by atoms with van der Waals surface area (Å²) in [6, 6.07) is 2.53. The number of carbonyl (C=O) groups is 1. The van der Waals surface area contributed by atoms with E-state index >= 15 is 0 Å². The molecule has 124 valence electrons. The molecule has 1 aliphatic heterocycles. The van der Waals surface area contributed by atoms with E-state index in [2.05, 4.69) is 47.8 Å². The lowest BCUT2D eigenvalue weighted by molar-refractivity contribution is -0.123. The molecule has 1 aromatic heterocycles. The molecule has 2 heterocycles. The van der Waals surface area contributed by atoms with E-state index in [-0.39, 0.29) is 11.3 Å². The van der Waals surface area contributed by atoms with E-state index < -0.39 is 0 Å². The van der Waals surface area contributed by atoms with E-state index in [1.807, 2.05) is 0 Å². The van der Waals surface area contributed by atoms with Gasteiger partial charge in [-0.25, -0.2) is 0 Å². The van der Waals surface area contributed by atoms with Crippen molar-refractivity contribution in [2.75, 3.05) is 19.6 Å². The summed E-state index contributed by atoms with van der Waals surface area (Å²) < 4.78 is 0. The molecule has 22 heavy (non-hydrogen) atoms. The quantitative estimate of drug-likeness (QED) is 0.880. The summed E-state index contributed by atoms with van der Waals surface area (Å²) in [5, 5.41) is 7.53. The van der Waals surface area contributed by atoms with Gasteiger partial charge >= 0.3 is 0 Å². The molecular formula is C18H30N2OS. The third-order valence-corrected chi connectivity index (χ3v) is 4.89. The standard InChI is InChI=1S/C18H30N2OS/c1-18(2,3)12-17(21)19-13-16(15-8-11-22-14-15)20-9-6-4-5-7-10-20/h8,11,14,16H,4-7,9-10,12-13H2,1-3H3,(H,19,21). The highest BCUT2D eigenvalue weighted by atomic mass is 32.1. The second kappa shape index (κ2) is 8.11. The molecule has 1 saturated heterocycles. The van der Waals surface area contributed by atoms with Crippen molar-refractivity contribution in [1.29, 1.82) is 0 Å². The van der Waals surface area contributed by atoms with Crippen LogP contribution in [0.3, 0.4) is 0 Å². The molecule has 0 spiro atoms. The lowest BCUT2D eigenvalue weighted by Gasteiger charge is -2.31. The Balaban J connectivity index is 1.97. The summed E-state index contributed by atoms with van der Waals surface area (Å²) in [5.74, 6) is 0.169. The van der Waals surface area contributed by atoms with Crippen LogP contribution in [0.5, 0.6) is 0 Å². The van der Waals surface area contributed by atoms with Gasteiger partial charge in [-0.3, -0.25) is 9.69 Å². The number of hydrogen-bond donors (Lipinski definition) is 1. The number of thiophene rings is 1. The van der Waals surface area contributed by atoms with Crippen LogP contribution in [0.15, 0.2) is 16.8 Å². The molecule has 2 rings (SSSR count). The topological polar surface area (TPSA) is 32.3 Å². The molecular weight excluding hydrogens is 292 g/mol. The van der Waals surface area contributed by atoms with Gasteiger partial charge in [0.25, 0.3) is 0 Å². The molecule has 4 heteroatoms. The number of nitrogens with one attached hydrogen (secondary N) is 1. The average Bonchev–Trinajstić information content (AvgIpc) is 2.80. The maximum Gasteiger partial charge on any atom is 0.220 e. The van der Waals surface area contributed by atoms with Crippen molar-refractivity contribution in [3.63, 3.8) is 0 Å². The Hall–Kier alpha value is -0.870. The molecule has 0 saturated carbocycles. The van der Waals surface area contributed by atoms with Gasteiger partial charge in [0.15, 0.2) is 0 Å². The predicted molar refractivity (Wildman–Crippen MR) is 94.2 cm³/mol. The van der Waals surface area contributed by atoms with Crippen molar-refractivity contribution in [1.82, 2.24) is 10.2 Å². The minimum atomic E-state index is 0.0462. The molecule has 3 nitrogen and oxygen atoms in total. The van der Waals surface area contributed by atoms with Gasteiger partial charge in [-0.05, 0) is 53.7 Å². The smallest absolute Gasteiger partial charge is 0.220 e. The highest BCUT2D eigenvalue weighted by molar-refractivity contribution is 7.07. The molecule has 1 aliphatic rings. The molecule has 1 fully saturated rings. The Kier molecular flexibility index (Phi) is 6.45. The van der Waals surface area contributed by atoms with Crippen molar-refractivity contribution >= 4 is 17.2 Å².